The van der Waals surface area contributed by atoms with Crippen LogP contribution in [0.4, 0.5) is 18.9 Å². The van der Waals surface area contributed by atoms with Crippen LogP contribution in [0.2, 0.25) is 0 Å². The monoisotopic (exact) mass is 455 g/mol. The van der Waals surface area contributed by atoms with Gasteiger partial charge in [-0.2, -0.15) is 23.0 Å². The number of fused-ring (bicyclic) bond motifs is 1. The Kier molecular flexibility index (Phi) is 6.05. The standard InChI is InChI=1S/C19H20F3N5O3S/c1-11(2)27-17-13(9-24-27)8-14(10-23-17)25-18(28)12(3)26-31(29,30)16-7-5-4-6-15(16)19(20,21)22/h4-12,26H,1-3H3,(H,25,28)/t12-/m0/s1. The average Bonchev–Trinajstić information content (AvgIpc) is 3.10. The molecular formula is C19H20F3N5O3S. The number of halogens is 3. The Balaban J connectivity index is 1.77. The highest BCUT2D eigenvalue weighted by molar-refractivity contribution is 7.89. The van der Waals surface area contributed by atoms with Gasteiger partial charge < -0.3 is 5.32 Å². The van der Waals surface area contributed by atoms with Crippen molar-refractivity contribution in [1.82, 2.24) is 19.5 Å². The van der Waals surface area contributed by atoms with Crippen LogP contribution in [-0.2, 0) is 21.0 Å². The summed E-state index contributed by atoms with van der Waals surface area (Å²) >= 11 is 0. The number of anilines is 1. The largest absolute Gasteiger partial charge is 0.417 e. The minimum Gasteiger partial charge on any atom is -0.323 e. The van der Waals surface area contributed by atoms with Crippen molar-refractivity contribution in [2.75, 3.05) is 5.32 Å². The summed E-state index contributed by atoms with van der Waals surface area (Å²) < 4.78 is 68.1. The molecule has 31 heavy (non-hydrogen) atoms. The van der Waals surface area contributed by atoms with E-state index in [-0.39, 0.29) is 6.04 Å². The minimum absolute atomic E-state index is 0.0828. The molecule has 12 heteroatoms. The summed E-state index contributed by atoms with van der Waals surface area (Å²) in [5, 5.41) is 7.39. The van der Waals surface area contributed by atoms with Gasteiger partial charge in [-0.15, -0.1) is 0 Å². The SMILES string of the molecule is CC(C)n1ncc2cc(NC(=O)[C@H](C)NS(=O)(=O)c3ccccc3C(F)(F)F)cnc21. The van der Waals surface area contributed by atoms with Crippen molar-refractivity contribution in [2.24, 2.45) is 0 Å². The summed E-state index contributed by atoms with van der Waals surface area (Å²) in [5.41, 5.74) is -0.403. The van der Waals surface area contributed by atoms with E-state index in [1.807, 2.05) is 18.6 Å². The molecule has 0 aliphatic carbocycles. The highest BCUT2D eigenvalue weighted by atomic mass is 32.2. The van der Waals surface area contributed by atoms with Gasteiger partial charge in [-0.25, -0.2) is 18.1 Å². The lowest BCUT2D eigenvalue weighted by molar-refractivity contribution is -0.139. The molecule has 0 radical (unpaired) electrons. The first-order chi connectivity index (χ1) is 14.4. The molecule has 2 aromatic heterocycles. The molecule has 2 heterocycles. The Morgan fingerprint density at radius 3 is 2.45 bits per heavy atom. The van der Waals surface area contributed by atoms with E-state index in [2.05, 4.69) is 15.4 Å². The van der Waals surface area contributed by atoms with E-state index < -0.39 is 38.6 Å². The number of rotatable bonds is 6. The fourth-order valence-electron chi connectivity index (χ4n) is 2.92. The molecule has 0 saturated carbocycles. The third-order valence-electron chi connectivity index (χ3n) is 4.40. The van der Waals surface area contributed by atoms with Gasteiger partial charge in [0.1, 0.15) is 0 Å². The molecule has 8 nitrogen and oxygen atoms in total. The van der Waals surface area contributed by atoms with Crippen molar-refractivity contribution in [1.29, 1.82) is 0 Å². The van der Waals surface area contributed by atoms with Crippen molar-refractivity contribution in [3.8, 4) is 0 Å². The van der Waals surface area contributed by atoms with Gasteiger partial charge in [-0.3, -0.25) is 4.79 Å². The summed E-state index contributed by atoms with van der Waals surface area (Å²) in [7, 11) is -4.61. The van der Waals surface area contributed by atoms with Crippen LogP contribution >= 0.6 is 0 Å². The Bertz CT molecular complexity index is 1220. The van der Waals surface area contributed by atoms with E-state index in [4.69, 9.17) is 0 Å². The maximum Gasteiger partial charge on any atom is 0.417 e. The van der Waals surface area contributed by atoms with Crippen molar-refractivity contribution in [2.45, 2.75) is 43.9 Å². The molecule has 166 valence electrons. The predicted octanol–water partition coefficient (Wildman–Crippen LogP) is 3.34. The molecule has 0 aliphatic rings. The number of hydrogen-bond acceptors (Lipinski definition) is 5. The van der Waals surface area contributed by atoms with Gasteiger partial charge in [0.2, 0.25) is 15.9 Å². The highest BCUT2D eigenvalue weighted by Gasteiger charge is 2.37. The maximum absolute atomic E-state index is 13.2. The molecule has 0 aliphatic heterocycles. The summed E-state index contributed by atoms with van der Waals surface area (Å²) in [6.45, 7) is 5.11. The normalized spacial score (nSPS) is 13.5. The molecule has 2 N–H and O–H groups in total. The number of carbonyl (C=O) groups is 1. The zero-order valence-electron chi connectivity index (χ0n) is 16.8. The van der Waals surface area contributed by atoms with Crippen LogP contribution < -0.4 is 10.0 Å². The van der Waals surface area contributed by atoms with Crippen molar-refractivity contribution in [3.05, 3.63) is 48.3 Å². The zero-order valence-corrected chi connectivity index (χ0v) is 17.6. The first-order valence-electron chi connectivity index (χ1n) is 9.23. The van der Waals surface area contributed by atoms with Gasteiger partial charge in [0.05, 0.1) is 34.6 Å². The van der Waals surface area contributed by atoms with Crippen LogP contribution in [0.25, 0.3) is 11.0 Å². The van der Waals surface area contributed by atoms with Gasteiger partial charge in [0.25, 0.3) is 0 Å². The third-order valence-corrected chi connectivity index (χ3v) is 6.00. The molecule has 0 fully saturated rings. The van der Waals surface area contributed by atoms with Crippen LogP contribution in [0.5, 0.6) is 0 Å². The van der Waals surface area contributed by atoms with Crippen LogP contribution in [0, 0.1) is 0 Å². The van der Waals surface area contributed by atoms with Crippen molar-refractivity contribution in [3.63, 3.8) is 0 Å². The maximum atomic E-state index is 13.2. The Labute approximate surface area is 176 Å². The second-order valence-corrected chi connectivity index (χ2v) is 8.83. The molecule has 3 rings (SSSR count). The third kappa shape index (κ3) is 4.85. The zero-order chi connectivity index (χ0) is 23.0. The van der Waals surface area contributed by atoms with Gasteiger partial charge in [0, 0.05) is 11.4 Å². The fraction of sp³-hybridized carbons (Fsp3) is 0.316. The molecule has 0 spiro atoms. The number of nitrogens with zero attached hydrogens (tertiary/aromatic N) is 3. The van der Waals surface area contributed by atoms with Crippen LogP contribution in [0.1, 0.15) is 32.4 Å². The smallest absolute Gasteiger partial charge is 0.323 e. The van der Waals surface area contributed by atoms with E-state index in [0.717, 1.165) is 12.1 Å². The van der Waals surface area contributed by atoms with Crippen molar-refractivity contribution < 1.29 is 26.4 Å². The second-order valence-electron chi connectivity index (χ2n) is 7.15. The molecule has 0 saturated heterocycles. The van der Waals surface area contributed by atoms with E-state index in [9.17, 15) is 26.4 Å². The Morgan fingerprint density at radius 2 is 1.81 bits per heavy atom. The number of aromatic nitrogens is 3. The van der Waals surface area contributed by atoms with E-state index in [0.29, 0.717) is 22.8 Å². The number of alkyl halides is 3. The van der Waals surface area contributed by atoms with E-state index in [1.54, 1.807) is 16.9 Å². The molecule has 1 aromatic carbocycles. The first-order valence-corrected chi connectivity index (χ1v) is 10.7. The topological polar surface area (TPSA) is 106 Å². The Hall–Kier alpha value is -2.99. The molecule has 1 amide bonds. The summed E-state index contributed by atoms with van der Waals surface area (Å²) in [6, 6.07) is 4.11. The predicted molar refractivity (Wildman–Crippen MR) is 108 cm³/mol. The minimum atomic E-state index is -4.86. The average molecular weight is 455 g/mol. The van der Waals surface area contributed by atoms with Crippen LogP contribution in [-0.4, -0.2) is 35.1 Å². The number of benzene rings is 1. The molecule has 0 unspecified atom stereocenters. The fourth-order valence-corrected chi connectivity index (χ4v) is 4.35. The molecule has 1 atom stereocenters. The number of carbonyl (C=O) groups excluding carboxylic acids is 1. The number of pyridine rings is 1. The Morgan fingerprint density at radius 1 is 1.13 bits per heavy atom. The second kappa shape index (κ2) is 8.27. The lowest BCUT2D eigenvalue weighted by Crippen LogP contribution is -2.42. The summed E-state index contributed by atoms with van der Waals surface area (Å²) in [5.74, 6) is -0.759. The molecular weight excluding hydrogens is 435 g/mol. The van der Waals surface area contributed by atoms with Gasteiger partial charge in [-0.05, 0) is 39.0 Å². The molecule has 0 bridgehead atoms. The van der Waals surface area contributed by atoms with Crippen molar-refractivity contribution >= 4 is 32.7 Å². The van der Waals surface area contributed by atoms with E-state index >= 15 is 0 Å². The van der Waals surface area contributed by atoms with Crippen LogP contribution in [0.3, 0.4) is 0 Å². The summed E-state index contributed by atoms with van der Waals surface area (Å²) in [4.78, 5) is 15.7. The summed E-state index contributed by atoms with van der Waals surface area (Å²) in [6.07, 6.45) is -1.89. The number of amides is 1. The molecule has 3 aromatic rings. The lowest BCUT2D eigenvalue weighted by atomic mass is 10.2. The van der Waals surface area contributed by atoms with Gasteiger partial charge >= 0.3 is 6.18 Å². The number of sulfonamides is 1. The van der Waals surface area contributed by atoms with E-state index in [1.165, 1.54) is 19.2 Å². The number of hydrogen-bond donors (Lipinski definition) is 2. The number of nitrogens with one attached hydrogen (secondary N) is 2. The van der Waals surface area contributed by atoms with Gasteiger partial charge in [-0.1, -0.05) is 12.1 Å². The first kappa shape index (κ1) is 22.7. The highest BCUT2D eigenvalue weighted by Crippen LogP contribution is 2.34. The van der Waals surface area contributed by atoms with Crippen LogP contribution in [0.15, 0.2) is 47.6 Å². The lowest BCUT2D eigenvalue weighted by Gasteiger charge is -2.17. The quantitative estimate of drug-likeness (QED) is 0.593. The van der Waals surface area contributed by atoms with Gasteiger partial charge in [0.15, 0.2) is 5.65 Å².